The van der Waals surface area contributed by atoms with Crippen LogP contribution < -0.4 is 11.0 Å². The summed E-state index contributed by atoms with van der Waals surface area (Å²) in [4.78, 5) is 34.8. The zero-order valence-corrected chi connectivity index (χ0v) is 17.5. The number of aromatic nitrogens is 1. The molecule has 30 heavy (non-hydrogen) atoms. The lowest BCUT2D eigenvalue weighted by Gasteiger charge is -2.12. The molecule has 2 aromatic rings. The van der Waals surface area contributed by atoms with Crippen LogP contribution in [0.25, 0.3) is 0 Å². The Hall–Kier alpha value is -3.56. The van der Waals surface area contributed by atoms with E-state index in [9.17, 15) is 30.1 Å². The predicted molar refractivity (Wildman–Crippen MR) is 109 cm³/mol. The molecule has 12 heteroatoms. The van der Waals surface area contributed by atoms with Gasteiger partial charge in [0, 0.05) is 34.5 Å². The molecule has 0 saturated carbocycles. The number of hydrogen-bond donors (Lipinski definition) is 2. The summed E-state index contributed by atoms with van der Waals surface area (Å²) in [6.07, 6.45) is 1.03. The summed E-state index contributed by atoms with van der Waals surface area (Å²) in [5.41, 5.74) is 1.76. The number of phenolic OH excluding ortho intramolecular Hbond substituents is 1. The maximum Gasteiger partial charge on any atom is 0.312 e. The summed E-state index contributed by atoms with van der Waals surface area (Å²) in [5.74, 6) is -1.29. The molecule has 0 bridgehead atoms. The van der Waals surface area contributed by atoms with Crippen LogP contribution in [0, 0.1) is 28.4 Å². The number of benzene rings is 1. The van der Waals surface area contributed by atoms with E-state index in [4.69, 9.17) is 4.74 Å². The second kappa shape index (κ2) is 9.77. The molecule has 0 saturated heterocycles. The number of hydrazone groups is 1. The van der Waals surface area contributed by atoms with Gasteiger partial charge >= 0.3 is 5.69 Å². The van der Waals surface area contributed by atoms with Gasteiger partial charge < -0.3 is 14.4 Å². The number of amides is 1. The third-order valence-corrected chi connectivity index (χ3v) is 4.43. The third-order valence-electron chi connectivity index (χ3n) is 3.98. The monoisotopic (exact) mass is 477 g/mol. The van der Waals surface area contributed by atoms with Crippen LogP contribution in [0.1, 0.15) is 22.4 Å². The van der Waals surface area contributed by atoms with Crippen molar-refractivity contribution in [3.8, 4) is 11.8 Å². The van der Waals surface area contributed by atoms with E-state index >= 15 is 0 Å². The molecule has 0 unspecified atom stereocenters. The van der Waals surface area contributed by atoms with Crippen molar-refractivity contribution in [3.05, 3.63) is 65.5 Å². The summed E-state index contributed by atoms with van der Waals surface area (Å²) in [5, 5.41) is 33.8. The number of carbonyl (C=O) groups excluding carboxylic acids is 1. The molecule has 2 N–H and O–H groups in total. The van der Waals surface area contributed by atoms with Crippen molar-refractivity contribution in [1.82, 2.24) is 9.99 Å². The molecule has 0 spiro atoms. The molecule has 0 aliphatic rings. The number of aromatic hydroxyl groups is 1. The number of nitrogens with one attached hydrogen (secondary N) is 1. The molecular weight excluding hydrogens is 462 g/mol. The maximum absolute atomic E-state index is 12.5. The lowest BCUT2D eigenvalue weighted by Crippen LogP contribution is -2.33. The van der Waals surface area contributed by atoms with Gasteiger partial charge in [-0.2, -0.15) is 10.4 Å². The van der Waals surface area contributed by atoms with Gasteiger partial charge in [0.15, 0.2) is 0 Å². The number of nitro benzene ring substituents is 1. The largest absolute Gasteiger partial charge is 0.502 e. The van der Waals surface area contributed by atoms with Crippen molar-refractivity contribution in [2.24, 2.45) is 5.10 Å². The number of nitriles is 1. The minimum atomic E-state index is -0.759. The fourth-order valence-corrected chi connectivity index (χ4v) is 3.08. The van der Waals surface area contributed by atoms with E-state index in [2.05, 4.69) is 26.5 Å². The molecule has 1 amide bonds. The number of ether oxygens (including phenoxy) is 1. The van der Waals surface area contributed by atoms with Crippen LogP contribution in [0.3, 0.4) is 0 Å². The van der Waals surface area contributed by atoms with Crippen molar-refractivity contribution in [1.29, 1.82) is 5.26 Å². The quantitative estimate of drug-likeness (QED) is 0.348. The smallest absolute Gasteiger partial charge is 0.312 e. The number of phenols is 1. The standard InChI is InChI=1S/C18H16BrN5O6/c1-10-3-12(9-30-2)14(6-20)18(27)23(10)8-16(25)22-21-7-11-4-13(19)5-15(17(11)26)24(28)29/h3-5,7,26H,8-9H2,1-2H3,(H,22,25)/b21-7-. The lowest BCUT2D eigenvalue weighted by molar-refractivity contribution is -0.385. The molecule has 11 nitrogen and oxygen atoms in total. The van der Waals surface area contributed by atoms with Crippen molar-refractivity contribution in [3.63, 3.8) is 0 Å². The Morgan fingerprint density at radius 1 is 1.50 bits per heavy atom. The third kappa shape index (κ3) is 5.07. The second-order valence-corrected chi connectivity index (χ2v) is 6.95. The molecule has 0 aliphatic carbocycles. The summed E-state index contributed by atoms with van der Waals surface area (Å²) < 4.78 is 6.42. The highest BCUT2D eigenvalue weighted by Gasteiger charge is 2.18. The normalized spacial score (nSPS) is 10.7. The van der Waals surface area contributed by atoms with E-state index in [0.717, 1.165) is 16.8 Å². The Balaban J connectivity index is 2.21. The van der Waals surface area contributed by atoms with Crippen LogP contribution in [-0.2, 0) is 22.7 Å². The van der Waals surface area contributed by atoms with Crippen molar-refractivity contribution >= 4 is 33.7 Å². The first-order chi connectivity index (χ1) is 14.2. The van der Waals surface area contributed by atoms with Crippen LogP contribution in [0.2, 0.25) is 0 Å². The number of carbonyl (C=O) groups is 1. The molecule has 0 aliphatic heterocycles. The molecular formula is C18H16BrN5O6. The van der Waals surface area contributed by atoms with Gasteiger partial charge in [-0.25, -0.2) is 5.43 Å². The maximum atomic E-state index is 12.5. The van der Waals surface area contributed by atoms with Crippen molar-refractivity contribution in [2.75, 3.05) is 7.11 Å². The highest BCUT2D eigenvalue weighted by molar-refractivity contribution is 9.10. The zero-order valence-electron chi connectivity index (χ0n) is 15.9. The number of aryl methyl sites for hydroxylation is 1. The summed E-state index contributed by atoms with van der Waals surface area (Å²) in [7, 11) is 1.44. The van der Waals surface area contributed by atoms with Crippen molar-refractivity contribution < 1.29 is 19.6 Å². The zero-order chi connectivity index (χ0) is 22.4. The van der Waals surface area contributed by atoms with Gasteiger partial charge in [0.05, 0.1) is 17.7 Å². The Morgan fingerprint density at radius 3 is 2.80 bits per heavy atom. The summed E-state index contributed by atoms with van der Waals surface area (Å²) in [6, 6.07) is 5.90. The molecule has 156 valence electrons. The van der Waals surface area contributed by atoms with E-state index < -0.39 is 34.4 Å². The predicted octanol–water partition coefficient (Wildman–Crippen LogP) is 1.70. The van der Waals surface area contributed by atoms with Gasteiger partial charge in [0.1, 0.15) is 18.2 Å². The minimum absolute atomic E-state index is 0.000378. The van der Waals surface area contributed by atoms with Crippen molar-refractivity contribution in [2.45, 2.75) is 20.1 Å². The van der Waals surface area contributed by atoms with Crippen LogP contribution >= 0.6 is 15.9 Å². The topological polar surface area (TPSA) is 160 Å². The average Bonchev–Trinajstić information content (AvgIpc) is 2.67. The first-order valence-electron chi connectivity index (χ1n) is 8.30. The number of rotatable bonds is 7. The minimum Gasteiger partial charge on any atom is -0.502 e. The van der Waals surface area contributed by atoms with Gasteiger partial charge in [-0.1, -0.05) is 15.9 Å². The van der Waals surface area contributed by atoms with E-state index in [1.54, 1.807) is 13.0 Å². The van der Waals surface area contributed by atoms with Gasteiger partial charge in [0.25, 0.3) is 11.5 Å². The highest BCUT2D eigenvalue weighted by atomic mass is 79.9. The highest BCUT2D eigenvalue weighted by Crippen LogP contribution is 2.32. The SMILES string of the molecule is COCc1cc(C)n(CC(=O)N/N=C\c2cc(Br)cc([N+](=O)[O-])c2O)c(=O)c1C#N. The molecule has 1 aromatic heterocycles. The molecule has 2 rings (SSSR count). The number of nitro groups is 1. The van der Waals surface area contributed by atoms with Gasteiger partial charge in [-0.05, 0) is 19.1 Å². The number of nitrogens with zero attached hydrogens (tertiary/aromatic N) is 4. The van der Waals surface area contributed by atoms with Crippen LogP contribution in [0.5, 0.6) is 5.75 Å². The first kappa shape index (κ1) is 22.7. The van der Waals surface area contributed by atoms with Crippen LogP contribution in [0.4, 0.5) is 5.69 Å². The van der Waals surface area contributed by atoms with E-state index in [-0.39, 0.29) is 17.7 Å². The molecule has 0 fully saturated rings. The van der Waals surface area contributed by atoms with Gasteiger partial charge in [-0.15, -0.1) is 0 Å². The van der Waals surface area contributed by atoms with Gasteiger partial charge in [0.2, 0.25) is 5.75 Å². The Morgan fingerprint density at radius 2 is 2.20 bits per heavy atom. The fraction of sp³-hybridized carbons (Fsp3) is 0.222. The van der Waals surface area contributed by atoms with Gasteiger partial charge in [-0.3, -0.25) is 19.7 Å². The number of pyridine rings is 1. The number of methoxy groups -OCH3 is 1. The number of hydrogen-bond acceptors (Lipinski definition) is 8. The van der Waals surface area contributed by atoms with E-state index in [0.29, 0.717) is 15.7 Å². The Bertz CT molecular complexity index is 1140. The molecule has 0 radical (unpaired) electrons. The molecule has 1 aromatic carbocycles. The number of halogens is 1. The average molecular weight is 478 g/mol. The lowest BCUT2D eigenvalue weighted by atomic mass is 10.1. The van der Waals surface area contributed by atoms with Crippen LogP contribution in [0.15, 0.2) is 32.6 Å². The Kier molecular flexibility index (Phi) is 7.40. The summed E-state index contributed by atoms with van der Waals surface area (Å²) >= 11 is 3.09. The van der Waals surface area contributed by atoms with E-state index in [1.165, 1.54) is 13.2 Å². The van der Waals surface area contributed by atoms with Crippen LogP contribution in [-0.4, -0.2) is 33.8 Å². The second-order valence-electron chi connectivity index (χ2n) is 6.04. The fourth-order valence-electron chi connectivity index (χ4n) is 2.62. The molecule has 1 heterocycles. The first-order valence-corrected chi connectivity index (χ1v) is 9.10. The Labute approximate surface area is 178 Å². The molecule has 0 atom stereocenters. The van der Waals surface area contributed by atoms with E-state index in [1.807, 2.05) is 6.07 Å². The summed E-state index contributed by atoms with van der Waals surface area (Å²) in [6.45, 7) is 1.28.